The van der Waals surface area contributed by atoms with Crippen LogP contribution in [0.15, 0.2) is 29.6 Å². The number of nitrogens with one attached hydrogen (secondary N) is 1. The van der Waals surface area contributed by atoms with Gasteiger partial charge in [-0.15, -0.1) is 23.7 Å². The largest absolute Gasteiger partial charge is 0.344 e. The first-order valence-electron chi connectivity index (χ1n) is 7.26. The maximum Gasteiger partial charge on any atom is 0.271 e. The lowest BCUT2D eigenvalue weighted by Gasteiger charge is -2.29. The minimum atomic E-state index is -0.342. The number of hydrogen-bond donors (Lipinski definition) is 2. The first-order valence-corrected chi connectivity index (χ1v) is 8.52. The van der Waals surface area contributed by atoms with Crippen LogP contribution < -0.4 is 11.1 Å². The van der Waals surface area contributed by atoms with Crippen molar-refractivity contribution in [3.05, 3.63) is 40.4 Å². The van der Waals surface area contributed by atoms with Crippen LogP contribution in [-0.4, -0.2) is 23.0 Å². The summed E-state index contributed by atoms with van der Waals surface area (Å²) in [6.07, 6.45) is 2.24. The molecule has 1 aliphatic rings. The van der Waals surface area contributed by atoms with Crippen molar-refractivity contribution >= 4 is 41.3 Å². The molecule has 0 radical (unpaired) electrons. The number of nitrogens with zero attached hydrogens (tertiary/aromatic N) is 1. The molecule has 124 valence electrons. The maximum atomic E-state index is 12.4. The van der Waals surface area contributed by atoms with E-state index in [9.17, 15) is 4.79 Å². The second-order valence-corrected chi connectivity index (χ2v) is 7.13. The molecular weight excluding hydrogens is 353 g/mol. The highest BCUT2D eigenvalue weighted by Gasteiger charge is 2.41. The summed E-state index contributed by atoms with van der Waals surface area (Å²) in [5.74, 6) is 0.303. The van der Waals surface area contributed by atoms with E-state index in [4.69, 9.17) is 17.3 Å². The topological polar surface area (TPSA) is 68.0 Å². The molecule has 1 amide bonds. The molecule has 3 N–H and O–H groups in total. The highest BCUT2D eigenvalue weighted by molar-refractivity contribution is 7.13. The van der Waals surface area contributed by atoms with E-state index in [2.05, 4.69) is 10.3 Å². The van der Waals surface area contributed by atoms with Crippen LogP contribution in [0.25, 0.3) is 10.6 Å². The van der Waals surface area contributed by atoms with Crippen molar-refractivity contribution < 1.29 is 4.79 Å². The molecule has 1 unspecified atom stereocenters. The van der Waals surface area contributed by atoms with E-state index in [1.165, 1.54) is 11.3 Å². The van der Waals surface area contributed by atoms with Crippen LogP contribution in [0.2, 0.25) is 5.02 Å². The number of carbonyl (C=O) groups excluding carboxylic acids is 1. The van der Waals surface area contributed by atoms with Crippen LogP contribution >= 0.6 is 35.3 Å². The Balaban J connectivity index is 0.00000192. The number of aromatic nitrogens is 1. The Hall–Kier alpha value is -1.14. The lowest BCUT2D eigenvalue weighted by atomic mass is 9.96. The minimum Gasteiger partial charge on any atom is -0.344 e. The summed E-state index contributed by atoms with van der Waals surface area (Å²) in [7, 11) is 0. The van der Waals surface area contributed by atoms with Crippen LogP contribution in [0.3, 0.4) is 0 Å². The molecule has 1 aromatic carbocycles. The average molecular weight is 372 g/mol. The number of nitrogens with two attached hydrogens (primary N) is 1. The van der Waals surface area contributed by atoms with E-state index in [1.807, 2.05) is 31.2 Å². The van der Waals surface area contributed by atoms with Gasteiger partial charge in [0, 0.05) is 17.5 Å². The number of halogens is 2. The maximum absolute atomic E-state index is 12.4. The Morgan fingerprint density at radius 1 is 1.48 bits per heavy atom. The first-order chi connectivity index (χ1) is 10.5. The fourth-order valence-corrected chi connectivity index (χ4v) is 3.62. The van der Waals surface area contributed by atoms with Crippen LogP contribution in [0.5, 0.6) is 0 Å². The molecule has 1 aromatic heterocycles. The molecule has 1 atom stereocenters. The van der Waals surface area contributed by atoms with E-state index >= 15 is 0 Å². The van der Waals surface area contributed by atoms with Crippen molar-refractivity contribution in [2.75, 3.05) is 6.54 Å². The van der Waals surface area contributed by atoms with Gasteiger partial charge in [0.25, 0.3) is 5.91 Å². The number of thiazole rings is 1. The van der Waals surface area contributed by atoms with Gasteiger partial charge in [-0.1, -0.05) is 29.8 Å². The summed E-state index contributed by atoms with van der Waals surface area (Å²) in [6, 6.07) is 7.49. The fourth-order valence-electron chi connectivity index (χ4n) is 2.50. The van der Waals surface area contributed by atoms with E-state index in [0.717, 1.165) is 23.4 Å². The Labute approximate surface area is 150 Å². The van der Waals surface area contributed by atoms with Gasteiger partial charge < -0.3 is 11.1 Å². The van der Waals surface area contributed by atoms with Gasteiger partial charge in [-0.25, -0.2) is 4.98 Å². The van der Waals surface area contributed by atoms with E-state index in [-0.39, 0.29) is 23.9 Å². The third-order valence-corrected chi connectivity index (χ3v) is 5.35. The molecule has 0 bridgehead atoms. The zero-order valence-electron chi connectivity index (χ0n) is 12.7. The molecule has 23 heavy (non-hydrogen) atoms. The Morgan fingerprint density at radius 2 is 2.17 bits per heavy atom. The SMILES string of the molecule is CC(CN)(NC(=O)c1csc(-c2ccccc2Cl)n1)C1CC1.Cl. The lowest BCUT2D eigenvalue weighted by Crippen LogP contribution is -2.53. The summed E-state index contributed by atoms with van der Waals surface area (Å²) in [5, 5.41) is 6.19. The summed E-state index contributed by atoms with van der Waals surface area (Å²) < 4.78 is 0. The Kier molecular flexibility index (Phi) is 5.68. The van der Waals surface area contributed by atoms with E-state index in [0.29, 0.717) is 23.2 Å². The number of rotatable bonds is 5. The third-order valence-electron chi connectivity index (χ3n) is 4.14. The van der Waals surface area contributed by atoms with Crippen molar-refractivity contribution in [1.82, 2.24) is 10.3 Å². The van der Waals surface area contributed by atoms with Crippen LogP contribution in [0.1, 0.15) is 30.3 Å². The zero-order chi connectivity index (χ0) is 15.7. The molecule has 7 heteroatoms. The van der Waals surface area contributed by atoms with E-state index < -0.39 is 0 Å². The van der Waals surface area contributed by atoms with Gasteiger partial charge in [0.1, 0.15) is 10.7 Å². The quantitative estimate of drug-likeness (QED) is 0.840. The van der Waals surface area contributed by atoms with Crippen LogP contribution in [0, 0.1) is 5.92 Å². The zero-order valence-corrected chi connectivity index (χ0v) is 15.1. The van der Waals surface area contributed by atoms with Gasteiger partial charge in [-0.3, -0.25) is 4.79 Å². The van der Waals surface area contributed by atoms with Gasteiger partial charge >= 0.3 is 0 Å². The predicted molar refractivity (Wildman–Crippen MR) is 97.5 cm³/mol. The number of hydrogen-bond acceptors (Lipinski definition) is 4. The van der Waals surface area contributed by atoms with Crippen molar-refractivity contribution in [3.8, 4) is 10.6 Å². The Bertz CT molecular complexity index is 702. The molecule has 2 aromatic rings. The molecule has 1 heterocycles. The molecular formula is C16H19Cl2N3OS. The van der Waals surface area contributed by atoms with Gasteiger partial charge in [0.15, 0.2) is 0 Å². The molecule has 0 saturated heterocycles. The monoisotopic (exact) mass is 371 g/mol. The summed E-state index contributed by atoms with van der Waals surface area (Å²) >= 11 is 7.59. The molecule has 4 nitrogen and oxygen atoms in total. The fraction of sp³-hybridized carbons (Fsp3) is 0.375. The lowest BCUT2D eigenvalue weighted by molar-refractivity contribution is 0.0893. The van der Waals surface area contributed by atoms with Gasteiger partial charge in [-0.2, -0.15) is 0 Å². The van der Waals surface area contributed by atoms with E-state index in [1.54, 1.807) is 5.38 Å². The van der Waals surface area contributed by atoms with Crippen LogP contribution in [-0.2, 0) is 0 Å². The van der Waals surface area contributed by atoms with Gasteiger partial charge in [0.2, 0.25) is 0 Å². The number of amides is 1. The second-order valence-electron chi connectivity index (χ2n) is 5.87. The minimum absolute atomic E-state index is 0. The number of carbonyl (C=O) groups is 1. The third kappa shape index (κ3) is 3.86. The highest BCUT2D eigenvalue weighted by atomic mass is 35.5. The number of benzene rings is 1. The summed E-state index contributed by atoms with van der Waals surface area (Å²) in [4.78, 5) is 16.8. The van der Waals surface area contributed by atoms with Crippen molar-refractivity contribution in [1.29, 1.82) is 0 Å². The average Bonchev–Trinajstić information content (AvgIpc) is 3.26. The summed E-state index contributed by atoms with van der Waals surface area (Å²) in [6.45, 7) is 2.44. The predicted octanol–water partition coefficient (Wildman–Crippen LogP) is 3.74. The standard InChI is InChI=1S/C16H18ClN3OS.ClH/c1-16(9-18,10-6-7-10)20-14(21)13-8-22-15(19-13)11-4-2-3-5-12(11)17;/h2-5,8,10H,6-7,9,18H2,1H3,(H,20,21);1H. The highest BCUT2D eigenvalue weighted by Crippen LogP contribution is 2.39. The first kappa shape index (κ1) is 18.2. The van der Waals surface area contributed by atoms with Crippen molar-refractivity contribution in [3.63, 3.8) is 0 Å². The normalized spacial score (nSPS) is 16.3. The second kappa shape index (κ2) is 7.18. The molecule has 0 spiro atoms. The Morgan fingerprint density at radius 3 is 2.78 bits per heavy atom. The van der Waals surface area contributed by atoms with Crippen molar-refractivity contribution in [2.45, 2.75) is 25.3 Å². The molecule has 0 aliphatic heterocycles. The van der Waals surface area contributed by atoms with Gasteiger partial charge in [-0.05, 0) is 31.7 Å². The molecule has 1 saturated carbocycles. The van der Waals surface area contributed by atoms with Crippen LogP contribution in [0.4, 0.5) is 0 Å². The molecule has 3 rings (SSSR count). The smallest absolute Gasteiger partial charge is 0.271 e. The van der Waals surface area contributed by atoms with Gasteiger partial charge in [0.05, 0.1) is 10.6 Å². The molecule has 1 aliphatic carbocycles. The molecule has 1 fully saturated rings. The van der Waals surface area contributed by atoms with Crippen molar-refractivity contribution in [2.24, 2.45) is 11.7 Å². The summed E-state index contributed by atoms with van der Waals surface area (Å²) in [5.41, 5.74) is 6.76.